The van der Waals surface area contributed by atoms with Crippen LogP contribution in [0.3, 0.4) is 0 Å². The Hall–Kier alpha value is -2.93. The van der Waals surface area contributed by atoms with Crippen molar-refractivity contribution in [1.29, 1.82) is 0 Å². The third-order valence-corrected chi connectivity index (χ3v) is 5.32. The molecule has 0 radical (unpaired) electrons. The Bertz CT molecular complexity index is 945. The van der Waals surface area contributed by atoms with Gasteiger partial charge in [0, 0.05) is 23.4 Å². The molecule has 3 heterocycles. The first-order valence-electron chi connectivity index (χ1n) is 8.28. The second-order valence-electron chi connectivity index (χ2n) is 6.20. The number of carbonyl (C=O) groups excluding carboxylic acids is 2. The minimum Gasteiger partial charge on any atom is -0.472 e. The first kappa shape index (κ1) is 16.5. The molecule has 7 heteroatoms. The zero-order valence-corrected chi connectivity index (χ0v) is 15.0. The minimum atomic E-state index is -0.252. The van der Waals surface area contributed by atoms with Crippen LogP contribution in [-0.4, -0.2) is 28.2 Å². The molecule has 2 aromatic heterocycles. The van der Waals surface area contributed by atoms with Crippen LogP contribution in [0, 0.1) is 6.92 Å². The Morgan fingerprint density at radius 2 is 2.00 bits per heavy atom. The zero-order valence-electron chi connectivity index (χ0n) is 14.2. The number of anilines is 1. The van der Waals surface area contributed by atoms with E-state index in [2.05, 4.69) is 10.3 Å². The van der Waals surface area contributed by atoms with Gasteiger partial charge in [-0.2, -0.15) is 0 Å². The van der Waals surface area contributed by atoms with Crippen LogP contribution in [0.1, 0.15) is 36.9 Å². The lowest BCUT2D eigenvalue weighted by molar-refractivity contribution is 0.0736. The molecule has 0 fully saturated rings. The molecular formula is C19H17N3O3S. The van der Waals surface area contributed by atoms with Gasteiger partial charge in [-0.1, -0.05) is 29.0 Å². The molecule has 3 aromatic rings. The van der Waals surface area contributed by atoms with Gasteiger partial charge in [0.25, 0.3) is 11.8 Å². The molecule has 0 saturated heterocycles. The van der Waals surface area contributed by atoms with E-state index < -0.39 is 0 Å². The van der Waals surface area contributed by atoms with Crippen LogP contribution >= 0.6 is 11.3 Å². The number of rotatable bonds is 3. The number of nitrogens with zero attached hydrogens (tertiary/aromatic N) is 2. The third kappa shape index (κ3) is 3.25. The maximum Gasteiger partial charge on any atom is 0.260 e. The predicted molar refractivity (Wildman–Crippen MR) is 98.4 cm³/mol. The first-order valence-corrected chi connectivity index (χ1v) is 9.10. The number of hydrogen-bond donors (Lipinski definition) is 1. The van der Waals surface area contributed by atoms with Crippen molar-refractivity contribution in [3.63, 3.8) is 0 Å². The number of amides is 2. The Morgan fingerprint density at radius 1 is 1.19 bits per heavy atom. The fraction of sp³-hybridized carbons (Fsp3) is 0.211. The Kier molecular flexibility index (Phi) is 4.30. The number of thiazole rings is 1. The normalized spacial score (nSPS) is 13.3. The quantitative estimate of drug-likeness (QED) is 0.769. The van der Waals surface area contributed by atoms with Gasteiger partial charge in [-0.3, -0.25) is 14.9 Å². The van der Waals surface area contributed by atoms with Crippen molar-refractivity contribution < 1.29 is 14.0 Å². The summed E-state index contributed by atoms with van der Waals surface area (Å²) < 4.78 is 4.92. The van der Waals surface area contributed by atoms with E-state index in [-0.39, 0.29) is 11.8 Å². The van der Waals surface area contributed by atoms with E-state index in [1.807, 2.05) is 36.1 Å². The van der Waals surface area contributed by atoms with Crippen molar-refractivity contribution in [3.8, 4) is 0 Å². The lowest BCUT2D eigenvalue weighted by atomic mass is 10.1. The van der Waals surface area contributed by atoms with Crippen molar-refractivity contribution in [3.05, 3.63) is 70.1 Å². The van der Waals surface area contributed by atoms with Gasteiger partial charge < -0.3 is 9.32 Å². The van der Waals surface area contributed by atoms with Crippen molar-refractivity contribution in [1.82, 2.24) is 9.88 Å². The standard InChI is InChI=1S/C19H17N3O3S/c1-12-2-4-13(5-3-12)18(24)22-8-6-15-16(10-22)26-19(20-15)21-17(23)14-7-9-25-11-14/h2-5,7,9,11H,6,8,10H2,1H3,(H,20,21,23). The van der Waals surface area contributed by atoms with E-state index in [0.29, 0.717) is 35.8 Å². The molecular weight excluding hydrogens is 350 g/mol. The average molecular weight is 367 g/mol. The third-order valence-electron chi connectivity index (χ3n) is 4.32. The molecule has 0 bridgehead atoms. The van der Waals surface area contributed by atoms with Crippen LogP contribution in [0.5, 0.6) is 0 Å². The van der Waals surface area contributed by atoms with Crippen molar-refractivity contribution in [2.75, 3.05) is 11.9 Å². The van der Waals surface area contributed by atoms with E-state index in [4.69, 9.17) is 4.42 Å². The number of aromatic nitrogens is 1. The van der Waals surface area contributed by atoms with Gasteiger partial charge in [0.2, 0.25) is 0 Å². The summed E-state index contributed by atoms with van der Waals surface area (Å²) >= 11 is 1.41. The highest BCUT2D eigenvalue weighted by Gasteiger charge is 2.25. The molecule has 2 amide bonds. The van der Waals surface area contributed by atoms with Crippen LogP contribution in [0.2, 0.25) is 0 Å². The maximum atomic E-state index is 12.7. The molecule has 0 atom stereocenters. The summed E-state index contributed by atoms with van der Waals surface area (Å²) in [6, 6.07) is 9.20. The van der Waals surface area contributed by atoms with Crippen LogP contribution in [0.25, 0.3) is 0 Å². The molecule has 4 rings (SSSR count). The monoisotopic (exact) mass is 367 g/mol. The van der Waals surface area contributed by atoms with Gasteiger partial charge in [-0.05, 0) is 25.1 Å². The van der Waals surface area contributed by atoms with Crippen LogP contribution in [0.4, 0.5) is 5.13 Å². The largest absolute Gasteiger partial charge is 0.472 e. The molecule has 1 aliphatic heterocycles. The van der Waals surface area contributed by atoms with Gasteiger partial charge in [0.15, 0.2) is 5.13 Å². The molecule has 0 saturated carbocycles. The Labute approximate surface area is 154 Å². The van der Waals surface area contributed by atoms with E-state index in [1.165, 1.54) is 23.9 Å². The molecule has 6 nitrogen and oxygen atoms in total. The van der Waals surface area contributed by atoms with Crippen LogP contribution < -0.4 is 5.32 Å². The molecule has 0 aliphatic carbocycles. The summed E-state index contributed by atoms with van der Waals surface area (Å²) in [5, 5.41) is 3.34. The van der Waals surface area contributed by atoms with Gasteiger partial charge in [-0.15, -0.1) is 0 Å². The predicted octanol–water partition coefficient (Wildman–Crippen LogP) is 3.50. The maximum absolute atomic E-state index is 12.7. The SMILES string of the molecule is Cc1ccc(C(=O)N2CCc3nc(NC(=O)c4ccoc4)sc3C2)cc1. The minimum absolute atomic E-state index is 0.0213. The smallest absolute Gasteiger partial charge is 0.260 e. The number of nitrogens with one attached hydrogen (secondary N) is 1. The van der Waals surface area contributed by atoms with Crippen molar-refractivity contribution in [2.45, 2.75) is 19.9 Å². The molecule has 0 spiro atoms. The molecule has 1 aliphatic rings. The average Bonchev–Trinajstić information content (AvgIpc) is 3.30. The van der Waals surface area contributed by atoms with E-state index in [1.54, 1.807) is 6.07 Å². The van der Waals surface area contributed by atoms with E-state index >= 15 is 0 Å². The van der Waals surface area contributed by atoms with Gasteiger partial charge in [-0.25, -0.2) is 4.98 Å². The highest BCUT2D eigenvalue weighted by Crippen LogP contribution is 2.29. The zero-order chi connectivity index (χ0) is 18.1. The fourth-order valence-electron chi connectivity index (χ4n) is 2.86. The number of furan rings is 1. The fourth-order valence-corrected chi connectivity index (χ4v) is 3.88. The molecule has 1 N–H and O–H groups in total. The Balaban J connectivity index is 1.47. The number of benzene rings is 1. The van der Waals surface area contributed by atoms with E-state index in [9.17, 15) is 9.59 Å². The van der Waals surface area contributed by atoms with Crippen molar-refractivity contribution in [2.24, 2.45) is 0 Å². The highest BCUT2D eigenvalue weighted by molar-refractivity contribution is 7.15. The number of fused-ring (bicyclic) bond motifs is 1. The summed E-state index contributed by atoms with van der Waals surface area (Å²) in [6.07, 6.45) is 3.53. The molecule has 26 heavy (non-hydrogen) atoms. The topological polar surface area (TPSA) is 75.4 Å². The van der Waals surface area contributed by atoms with Crippen molar-refractivity contribution >= 4 is 28.3 Å². The summed E-state index contributed by atoms with van der Waals surface area (Å²) in [5.74, 6) is -0.231. The number of hydrogen-bond acceptors (Lipinski definition) is 5. The summed E-state index contributed by atoms with van der Waals surface area (Å²) in [7, 11) is 0. The first-order chi connectivity index (χ1) is 12.6. The number of aryl methyl sites for hydroxylation is 1. The van der Waals surface area contributed by atoms with Crippen LogP contribution in [-0.2, 0) is 13.0 Å². The highest BCUT2D eigenvalue weighted by atomic mass is 32.1. The summed E-state index contributed by atoms with van der Waals surface area (Å²) in [6.45, 7) is 3.14. The second kappa shape index (κ2) is 6.76. The summed E-state index contributed by atoms with van der Waals surface area (Å²) in [4.78, 5) is 32.1. The van der Waals surface area contributed by atoms with Crippen LogP contribution in [0.15, 0.2) is 47.3 Å². The second-order valence-corrected chi connectivity index (χ2v) is 7.28. The molecule has 0 unspecified atom stereocenters. The number of carbonyl (C=O) groups is 2. The van der Waals surface area contributed by atoms with Gasteiger partial charge in [0.1, 0.15) is 6.26 Å². The lowest BCUT2D eigenvalue weighted by Gasteiger charge is -2.26. The lowest BCUT2D eigenvalue weighted by Crippen LogP contribution is -2.35. The van der Waals surface area contributed by atoms with E-state index in [0.717, 1.165) is 16.1 Å². The Morgan fingerprint density at radius 3 is 2.73 bits per heavy atom. The van der Waals surface area contributed by atoms with Gasteiger partial charge >= 0.3 is 0 Å². The molecule has 132 valence electrons. The van der Waals surface area contributed by atoms with Gasteiger partial charge in [0.05, 0.1) is 24.1 Å². The summed E-state index contributed by atoms with van der Waals surface area (Å²) in [5.41, 5.74) is 3.22. The molecule has 1 aromatic carbocycles.